The van der Waals surface area contributed by atoms with E-state index in [4.69, 9.17) is 10.5 Å². The summed E-state index contributed by atoms with van der Waals surface area (Å²) in [4.78, 5) is 0. The predicted octanol–water partition coefficient (Wildman–Crippen LogP) is 2.48. The van der Waals surface area contributed by atoms with E-state index >= 15 is 0 Å². The van der Waals surface area contributed by atoms with E-state index in [9.17, 15) is 4.39 Å². The molecule has 0 bridgehead atoms. The largest absolute Gasteiger partial charge is 0.381 e. The first-order valence-corrected chi connectivity index (χ1v) is 5.69. The van der Waals surface area contributed by atoms with E-state index in [1.165, 1.54) is 0 Å². The Morgan fingerprint density at radius 3 is 2.50 bits per heavy atom. The van der Waals surface area contributed by atoms with Gasteiger partial charge in [-0.1, -0.05) is 12.1 Å². The van der Waals surface area contributed by atoms with Gasteiger partial charge in [-0.25, -0.2) is 4.39 Å². The molecular weight excluding hydrogens is 205 g/mol. The SMILES string of the molecule is Cc1cc(C(N)C2CCOC2)cc(C)c1F. The normalized spacial score (nSPS) is 22.4. The Labute approximate surface area is 95.6 Å². The summed E-state index contributed by atoms with van der Waals surface area (Å²) in [7, 11) is 0. The summed E-state index contributed by atoms with van der Waals surface area (Å²) in [5.41, 5.74) is 8.55. The number of nitrogens with two attached hydrogens (primary N) is 1. The van der Waals surface area contributed by atoms with E-state index < -0.39 is 0 Å². The lowest BCUT2D eigenvalue weighted by atomic mass is 9.91. The molecule has 1 fully saturated rings. The van der Waals surface area contributed by atoms with Gasteiger partial charge in [0.2, 0.25) is 0 Å². The monoisotopic (exact) mass is 223 g/mol. The van der Waals surface area contributed by atoms with Crippen LogP contribution in [0.1, 0.15) is 29.2 Å². The highest BCUT2D eigenvalue weighted by Gasteiger charge is 2.24. The van der Waals surface area contributed by atoms with Gasteiger partial charge in [-0.3, -0.25) is 0 Å². The number of hydrogen-bond donors (Lipinski definition) is 1. The first-order chi connectivity index (χ1) is 7.59. The topological polar surface area (TPSA) is 35.2 Å². The molecule has 3 heteroatoms. The maximum Gasteiger partial charge on any atom is 0.129 e. The first-order valence-electron chi connectivity index (χ1n) is 5.69. The molecule has 88 valence electrons. The van der Waals surface area contributed by atoms with Crippen LogP contribution in [0.15, 0.2) is 12.1 Å². The second-order valence-corrected chi connectivity index (χ2v) is 4.62. The van der Waals surface area contributed by atoms with E-state index in [1.807, 2.05) is 12.1 Å². The van der Waals surface area contributed by atoms with Crippen molar-refractivity contribution in [2.75, 3.05) is 13.2 Å². The van der Waals surface area contributed by atoms with Crippen LogP contribution in [-0.4, -0.2) is 13.2 Å². The van der Waals surface area contributed by atoms with Crippen LogP contribution in [0, 0.1) is 25.6 Å². The number of hydrogen-bond acceptors (Lipinski definition) is 2. The van der Waals surface area contributed by atoms with Gasteiger partial charge in [0.05, 0.1) is 6.61 Å². The second kappa shape index (κ2) is 4.52. The van der Waals surface area contributed by atoms with E-state index in [0.717, 1.165) is 25.2 Å². The Morgan fingerprint density at radius 1 is 1.38 bits per heavy atom. The van der Waals surface area contributed by atoms with Crippen molar-refractivity contribution in [3.8, 4) is 0 Å². The van der Waals surface area contributed by atoms with Crippen molar-refractivity contribution in [2.45, 2.75) is 26.3 Å². The minimum Gasteiger partial charge on any atom is -0.381 e. The molecule has 2 rings (SSSR count). The Hall–Kier alpha value is -0.930. The van der Waals surface area contributed by atoms with E-state index in [1.54, 1.807) is 13.8 Å². The van der Waals surface area contributed by atoms with Crippen LogP contribution in [0.3, 0.4) is 0 Å². The number of rotatable bonds is 2. The summed E-state index contributed by atoms with van der Waals surface area (Å²) in [5, 5.41) is 0. The van der Waals surface area contributed by atoms with Gasteiger partial charge in [-0.15, -0.1) is 0 Å². The highest BCUT2D eigenvalue weighted by atomic mass is 19.1. The molecule has 2 unspecified atom stereocenters. The summed E-state index contributed by atoms with van der Waals surface area (Å²) in [6.07, 6.45) is 0.997. The van der Waals surface area contributed by atoms with Crippen LogP contribution in [0.5, 0.6) is 0 Å². The Morgan fingerprint density at radius 2 is 2.00 bits per heavy atom. The molecule has 1 aromatic carbocycles. The molecule has 1 aromatic rings. The molecule has 1 heterocycles. The van der Waals surface area contributed by atoms with Gasteiger partial charge in [0.25, 0.3) is 0 Å². The average molecular weight is 223 g/mol. The van der Waals surface area contributed by atoms with Crippen molar-refractivity contribution in [3.05, 3.63) is 34.6 Å². The van der Waals surface area contributed by atoms with Crippen LogP contribution < -0.4 is 5.73 Å². The molecule has 2 atom stereocenters. The van der Waals surface area contributed by atoms with Crippen LogP contribution in [0.4, 0.5) is 4.39 Å². The number of ether oxygens (including phenoxy) is 1. The van der Waals surface area contributed by atoms with Crippen molar-refractivity contribution >= 4 is 0 Å². The van der Waals surface area contributed by atoms with Crippen molar-refractivity contribution < 1.29 is 9.13 Å². The predicted molar refractivity (Wildman–Crippen MR) is 61.7 cm³/mol. The van der Waals surface area contributed by atoms with Crippen molar-refractivity contribution in [1.29, 1.82) is 0 Å². The van der Waals surface area contributed by atoms with Gasteiger partial charge >= 0.3 is 0 Å². The summed E-state index contributed by atoms with van der Waals surface area (Å²) in [6, 6.07) is 3.66. The minimum absolute atomic E-state index is 0.0412. The van der Waals surface area contributed by atoms with E-state index in [2.05, 4.69) is 0 Å². The quantitative estimate of drug-likeness (QED) is 0.836. The van der Waals surface area contributed by atoms with Gasteiger partial charge in [0.1, 0.15) is 5.82 Å². The van der Waals surface area contributed by atoms with Crippen molar-refractivity contribution in [1.82, 2.24) is 0 Å². The molecule has 0 aliphatic carbocycles. The Kier molecular flexibility index (Phi) is 3.26. The molecule has 0 amide bonds. The molecule has 0 aromatic heterocycles. The number of benzene rings is 1. The smallest absolute Gasteiger partial charge is 0.129 e. The first kappa shape index (κ1) is 11.6. The highest BCUT2D eigenvalue weighted by molar-refractivity contribution is 5.32. The molecule has 0 spiro atoms. The second-order valence-electron chi connectivity index (χ2n) is 4.62. The third-order valence-corrected chi connectivity index (χ3v) is 3.32. The van der Waals surface area contributed by atoms with E-state index in [-0.39, 0.29) is 11.9 Å². The zero-order valence-electron chi connectivity index (χ0n) is 9.79. The maximum atomic E-state index is 13.5. The van der Waals surface area contributed by atoms with Gasteiger partial charge in [-0.05, 0) is 37.0 Å². The molecule has 0 radical (unpaired) electrons. The summed E-state index contributed by atoms with van der Waals surface area (Å²) < 4.78 is 18.8. The van der Waals surface area contributed by atoms with Crippen LogP contribution in [-0.2, 0) is 4.74 Å². The van der Waals surface area contributed by atoms with Crippen LogP contribution in [0.2, 0.25) is 0 Å². The van der Waals surface area contributed by atoms with E-state index in [0.29, 0.717) is 17.0 Å². The highest BCUT2D eigenvalue weighted by Crippen LogP contribution is 2.28. The molecular formula is C13H18FNO. The third kappa shape index (κ3) is 2.11. The molecule has 1 aliphatic rings. The molecule has 2 nitrogen and oxygen atoms in total. The molecule has 1 saturated heterocycles. The zero-order chi connectivity index (χ0) is 11.7. The lowest BCUT2D eigenvalue weighted by molar-refractivity contribution is 0.181. The number of halogens is 1. The van der Waals surface area contributed by atoms with Crippen molar-refractivity contribution in [2.24, 2.45) is 11.7 Å². The van der Waals surface area contributed by atoms with Crippen LogP contribution in [0.25, 0.3) is 0 Å². The van der Waals surface area contributed by atoms with Gasteiger partial charge in [0.15, 0.2) is 0 Å². The lowest BCUT2D eigenvalue weighted by Gasteiger charge is -2.19. The Balaban J connectivity index is 2.26. The fourth-order valence-electron chi connectivity index (χ4n) is 2.28. The zero-order valence-corrected chi connectivity index (χ0v) is 9.79. The maximum absolute atomic E-state index is 13.5. The van der Waals surface area contributed by atoms with Crippen LogP contribution >= 0.6 is 0 Å². The summed E-state index contributed by atoms with van der Waals surface area (Å²) in [5.74, 6) is 0.239. The van der Waals surface area contributed by atoms with Gasteiger partial charge < -0.3 is 10.5 Å². The summed E-state index contributed by atoms with van der Waals surface area (Å²) >= 11 is 0. The minimum atomic E-state index is -0.126. The molecule has 0 saturated carbocycles. The van der Waals surface area contributed by atoms with Gasteiger partial charge in [-0.2, -0.15) is 0 Å². The molecule has 1 aliphatic heterocycles. The standard InChI is InChI=1S/C13H18FNO/c1-8-5-11(6-9(2)12(8)14)13(15)10-3-4-16-7-10/h5-6,10,13H,3-4,7,15H2,1-2H3. The summed E-state index contributed by atoms with van der Waals surface area (Å²) in [6.45, 7) is 5.07. The third-order valence-electron chi connectivity index (χ3n) is 3.32. The average Bonchev–Trinajstić information content (AvgIpc) is 2.77. The fourth-order valence-corrected chi connectivity index (χ4v) is 2.28. The Bertz CT molecular complexity index is 363. The van der Waals surface area contributed by atoms with Gasteiger partial charge in [0, 0.05) is 18.6 Å². The van der Waals surface area contributed by atoms with Crippen molar-refractivity contribution in [3.63, 3.8) is 0 Å². The molecule has 16 heavy (non-hydrogen) atoms. The fraction of sp³-hybridized carbons (Fsp3) is 0.538. The lowest BCUT2D eigenvalue weighted by Crippen LogP contribution is -2.22. The molecule has 2 N–H and O–H groups in total. The number of aryl methyl sites for hydroxylation is 2.